The van der Waals surface area contributed by atoms with Gasteiger partial charge in [-0.15, -0.1) is 0 Å². The molecule has 0 radical (unpaired) electrons. The summed E-state index contributed by atoms with van der Waals surface area (Å²) in [5, 5.41) is 4.84. The molecule has 3 heteroatoms. The van der Waals surface area contributed by atoms with Crippen LogP contribution < -0.4 is 5.32 Å². The fourth-order valence-electron chi connectivity index (χ4n) is 2.25. The zero-order valence-corrected chi connectivity index (χ0v) is 9.39. The van der Waals surface area contributed by atoms with Gasteiger partial charge in [0.25, 0.3) is 0 Å². The molecule has 78 valence electrons. The van der Waals surface area contributed by atoms with E-state index in [1.54, 1.807) is 11.5 Å². The van der Waals surface area contributed by atoms with Crippen molar-refractivity contribution < 1.29 is 0 Å². The first-order chi connectivity index (χ1) is 7.43. The van der Waals surface area contributed by atoms with Gasteiger partial charge in [-0.25, -0.2) is 0 Å². The maximum Gasteiger partial charge on any atom is 0.147 e. The highest BCUT2D eigenvalue weighted by Gasteiger charge is 2.16. The number of aromatic nitrogens is 1. The van der Waals surface area contributed by atoms with Crippen LogP contribution in [0.3, 0.4) is 0 Å². The van der Waals surface area contributed by atoms with Gasteiger partial charge in [-0.05, 0) is 36.5 Å². The third-order valence-electron chi connectivity index (χ3n) is 3.07. The SMILES string of the molecule is c1ccc2c(NC3CCCC3)nsc2c1. The van der Waals surface area contributed by atoms with Crippen LogP contribution in [0.4, 0.5) is 5.82 Å². The fourth-order valence-corrected chi connectivity index (χ4v) is 3.00. The molecule has 1 fully saturated rings. The molecule has 2 nitrogen and oxygen atoms in total. The molecule has 2 aromatic rings. The van der Waals surface area contributed by atoms with Gasteiger partial charge in [-0.3, -0.25) is 0 Å². The molecule has 0 bridgehead atoms. The molecule has 0 saturated heterocycles. The fraction of sp³-hybridized carbons (Fsp3) is 0.417. The Balaban J connectivity index is 1.90. The Bertz CT molecular complexity index is 457. The van der Waals surface area contributed by atoms with E-state index >= 15 is 0 Å². The number of nitrogens with one attached hydrogen (secondary N) is 1. The highest BCUT2D eigenvalue weighted by Crippen LogP contribution is 2.29. The summed E-state index contributed by atoms with van der Waals surface area (Å²) in [6.45, 7) is 0. The minimum Gasteiger partial charge on any atom is -0.366 e. The Morgan fingerprint density at radius 1 is 1.20 bits per heavy atom. The summed E-state index contributed by atoms with van der Waals surface area (Å²) >= 11 is 1.58. The second-order valence-electron chi connectivity index (χ2n) is 4.15. The van der Waals surface area contributed by atoms with Crippen molar-refractivity contribution in [3.05, 3.63) is 24.3 Å². The smallest absolute Gasteiger partial charge is 0.147 e. The first kappa shape index (κ1) is 9.16. The van der Waals surface area contributed by atoms with Crippen molar-refractivity contribution in [1.29, 1.82) is 0 Å². The summed E-state index contributed by atoms with van der Waals surface area (Å²) in [5.74, 6) is 1.09. The number of anilines is 1. The molecule has 15 heavy (non-hydrogen) atoms. The summed E-state index contributed by atoms with van der Waals surface area (Å²) in [6, 6.07) is 9.08. The first-order valence-corrected chi connectivity index (χ1v) is 6.32. The van der Waals surface area contributed by atoms with Gasteiger partial charge in [-0.2, -0.15) is 4.37 Å². The molecule has 0 aliphatic heterocycles. The summed E-state index contributed by atoms with van der Waals surface area (Å²) < 4.78 is 5.77. The van der Waals surface area contributed by atoms with Gasteiger partial charge in [0.05, 0.1) is 4.70 Å². The normalized spacial score (nSPS) is 17.3. The predicted octanol–water partition coefficient (Wildman–Crippen LogP) is 3.65. The summed E-state index contributed by atoms with van der Waals surface area (Å²) in [6.07, 6.45) is 5.32. The quantitative estimate of drug-likeness (QED) is 0.832. The standard InChI is InChI=1S/C12H14N2S/c1-2-6-9(5-1)13-12-10-7-3-4-8-11(10)15-14-12/h3-4,7-9H,1-2,5-6H2,(H,13,14). The monoisotopic (exact) mass is 218 g/mol. The summed E-state index contributed by atoms with van der Waals surface area (Å²) in [5.41, 5.74) is 0. The zero-order valence-electron chi connectivity index (χ0n) is 8.57. The molecule has 1 aromatic carbocycles. The Labute approximate surface area is 93.5 Å². The minimum atomic E-state index is 0.649. The molecule has 1 N–H and O–H groups in total. The van der Waals surface area contributed by atoms with Crippen LogP contribution in [0, 0.1) is 0 Å². The van der Waals surface area contributed by atoms with Crippen LogP contribution in [0.5, 0.6) is 0 Å². The van der Waals surface area contributed by atoms with E-state index in [1.165, 1.54) is 35.8 Å². The van der Waals surface area contributed by atoms with Gasteiger partial charge in [0.2, 0.25) is 0 Å². The molecule has 1 aromatic heterocycles. The van der Waals surface area contributed by atoms with Crippen LogP contribution in [0.15, 0.2) is 24.3 Å². The van der Waals surface area contributed by atoms with Gasteiger partial charge in [0.1, 0.15) is 5.82 Å². The zero-order chi connectivity index (χ0) is 10.1. The molecule has 1 aliphatic rings. The van der Waals surface area contributed by atoms with Crippen LogP contribution in [0.25, 0.3) is 10.1 Å². The van der Waals surface area contributed by atoms with E-state index in [9.17, 15) is 0 Å². The molecule has 0 atom stereocenters. The molecule has 0 unspecified atom stereocenters. The average molecular weight is 218 g/mol. The van der Waals surface area contributed by atoms with Crippen LogP contribution in [-0.2, 0) is 0 Å². The van der Waals surface area contributed by atoms with Crippen molar-refractivity contribution in [1.82, 2.24) is 4.37 Å². The molecule has 1 saturated carbocycles. The van der Waals surface area contributed by atoms with Crippen LogP contribution in [-0.4, -0.2) is 10.4 Å². The number of benzene rings is 1. The van der Waals surface area contributed by atoms with E-state index in [4.69, 9.17) is 0 Å². The molecular weight excluding hydrogens is 204 g/mol. The number of nitrogens with zero attached hydrogens (tertiary/aromatic N) is 1. The largest absolute Gasteiger partial charge is 0.366 e. The Morgan fingerprint density at radius 3 is 2.87 bits per heavy atom. The first-order valence-electron chi connectivity index (χ1n) is 5.54. The van der Waals surface area contributed by atoms with Gasteiger partial charge >= 0.3 is 0 Å². The molecule has 0 amide bonds. The highest BCUT2D eigenvalue weighted by molar-refractivity contribution is 7.13. The maximum absolute atomic E-state index is 4.49. The Hall–Kier alpha value is -1.09. The number of hydrogen-bond donors (Lipinski definition) is 1. The topological polar surface area (TPSA) is 24.9 Å². The number of rotatable bonds is 2. The van der Waals surface area contributed by atoms with Crippen LogP contribution in [0.1, 0.15) is 25.7 Å². The molecule has 3 rings (SSSR count). The van der Waals surface area contributed by atoms with Gasteiger partial charge in [0.15, 0.2) is 0 Å². The lowest BCUT2D eigenvalue weighted by Crippen LogP contribution is -2.14. The van der Waals surface area contributed by atoms with E-state index in [0.29, 0.717) is 6.04 Å². The second kappa shape index (κ2) is 3.81. The van der Waals surface area contributed by atoms with Crippen molar-refractivity contribution in [3.63, 3.8) is 0 Å². The summed E-state index contributed by atoms with van der Waals surface area (Å²) in [7, 11) is 0. The van der Waals surface area contributed by atoms with Gasteiger partial charge in [0, 0.05) is 11.4 Å². The van der Waals surface area contributed by atoms with E-state index in [2.05, 4.69) is 34.0 Å². The number of fused-ring (bicyclic) bond motifs is 1. The van der Waals surface area contributed by atoms with Gasteiger partial charge in [-0.1, -0.05) is 25.0 Å². The van der Waals surface area contributed by atoms with E-state index < -0.39 is 0 Å². The Kier molecular flexibility index (Phi) is 2.33. The van der Waals surface area contributed by atoms with E-state index in [1.807, 2.05) is 0 Å². The van der Waals surface area contributed by atoms with Crippen molar-refractivity contribution in [3.8, 4) is 0 Å². The number of hydrogen-bond acceptors (Lipinski definition) is 3. The van der Waals surface area contributed by atoms with Crippen LogP contribution in [0.2, 0.25) is 0 Å². The molecule has 0 spiro atoms. The molecule has 1 aliphatic carbocycles. The molecular formula is C12H14N2S. The second-order valence-corrected chi connectivity index (χ2v) is 4.96. The lowest BCUT2D eigenvalue weighted by Gasteiger charge is -2.10. The van der Waals surface area contributed by atoms with Crippen molar-refractivity contribution in [2.24, 2.45) is 0 Å². The Morgan fingerprint density at radius 2 is 2.00 bits per heavy atom. The lowest BCUT2D eigenvalue weighted by atomic mass is 10.2. The van der Waals surface area contributed by atoms with Crippen molar-refractivity contribution in [2.45, 2.75) is 31.7 Å². The third-order valence-corrected chi connectivity index (χ3v) is 3.90. The average Bonchev–Trinajstić information content (AvgIpc) is 2.89. The van der Waals surface area contributed by atoms with Crippen LogP contribution >= 0.6 is 11.5 Å². The third kappa shape index (κ3) is 1.72. The minimum absolute atomic E-state index is 0.649. The molecule has 1 heterocycles. The highest BCUT2D eigenvalue weighted by atomic mass is 32.1. The summed E-state index contributed by atoms with van der Waals surface area (Å²) in [4.78, 5) is 0. The van der Waals surface area contributed by atoms with Crippen molar-refractivity contribution >= 4 is 27.4 Å². The maximum atomic E-state index is 4.49. The predicted molar refractivity (Wildman–Crippen MR) is 65.5 cm³/mol. The van der Waals surface area contributed by atoms with E-state index in [0.717, 1.165) is 5.82 Å². The van der Waals surface area contributed by atoms with E-state index in [-0.39, 0.29) is 0 Å². The van der Waals surface area contributed by atoms with Crippen molar-refractivity contribution in [2.75, 3.05) is 5.32 Å². The lowest BCUT2D eigenvalue weighted by molar-refractivity contribution is 0.753. The van der Waals surface area contributed by atoms with Gasteiger partial charge < -0.3 is 5.32 Å².